The highest BCUT2D eigenvalue weighted by molar-refractivity contribution is 7.99. The topological polar surface area (TPSA) is 61.8 Å². The van der Waals surface area contributed by atoms with Crippen molar-refractivity contribution in [2.24, 2.45) is 0 Å². The third-order valence-corrected chi connectivity index (χ3v) is 2.98. The lowest BCUT2D eigenvalue weighted by Gasteiger charge is -2.06. The molecule has 1 aromatic heterocycles. The predicted octanol–water partition coefficient (Wildman–Crippen LogP) is 2.15. The molecule has 0 saturated heterocycles. The van der Waals surface area contributed by atoms with Crippen LogP contribution >= 0.6 is 11.8 Å². The molecule has 2 rings (SSSR count). The number of hydrogen-bond acceptors (Lipinski definition) is 4. The zero-order chi connectivity index (χ0) is 11.5. The summed E-state index contributed by atoms with van der Waals surface area (Å²) in [6, 6.07) is 4.63. The number of aromatic amines is 1. The average Bonchev–Trinajstić information content (AvgIpc) is 2.73. The van der Waals surface area contributed by atoms with E-state index < -0.39 is 6.10 Å². The van der Waals surface area contributed by atoms with Crippen LogP contribution in [0.15, 0.2) is 34.6 Å². The number of nitrogens with zero attached hydrogens (tertiary/aromatic N) is 2. The molecular formula is C10H10FN3OS. The minimum atomic E-state index is -0.668. The summed E-state index contributed by atoms with van der Waals surface area (Å²) in [5.41, 5.74) is 0.555. The molecule has 0 fully saturated rings. The largest absolute Gasteiger partial charge is 0.389 e. The van der Waals surface area contributed by atoms with Gasteiger partial charge in [-0.3, -0.25) is 5.10 Å². The van der Waals surface area contributed by atoms with Crippen LogP contribution in [0.3, 0.4) is 0 Å². The van der Waals surface area contributed by atoms with Crippen molar-refractivity contribution in [1.29, 1.82) is 0 Å². The van der Waals surface area contributed by atoms with E-state index in [-0.39, 0.29) is 5.82 Å². The molecular weight excluding hydrogens is 229 g/mol. The molecule has 2 N–H and O–H groups in total. The third kappa shape index (κ3) is 2.40. The molecule has 1 heterocycles. The highest BCUT2D eigenvalue weighted by Crippen LogP contribution is 2.28. The molecule has 0 amide bonds. The van der Waals surface area contributed by atoms with Crippen molar-refractivity contribution in [3.05, 3.63) is 35.9 Å². The molecule has 0 bridgehead atoms. The normalized spacial score (nSPS) is 12.7. The van der Waals surface area contributed by atoms with Crippen molar-refractivity contribution in [3.8, 4) is 0 Å². The van der Waals surface area contributed by atoms with Gasteiger partial charge in [-0.2, -0.15) is 5.10 Å². The van der Waals surface area contributed by atoms with Gasteiger partial charge in [0.2, 0.25) is 0 Å². The van der Waals surface area contributed by atoms with Gasteiger partial charge in [0, 0.05) is 0 Å². The Balaban J connectivity index is 2.23. The third-order valence-electron chi connectivity index (χ3n) is 2.04. The first-order valence-corrected chi connectivity index (χ1v) is 5.49. The van der Waals surface area contributed by atoms with E-state index in [2.05, 4.69) is 15.2 Å². The van der Waals surface area contributed by atoms with Crippen LogP contribution in [-0.4, -0.2) is 20.3 Å². The summed E-state index contributed by atoms with van der Waals surface area (Å²) in [5.74, 6) is -0.375. The SMILES string of the molecule is C[C@@H](O)c1ccc(Sc2ncn[nH]2)c(F)c1. The first kappa shape index (κ1) is 11.1. The molecule has 84 valence electrons. The lowest BCUT2D eigenvalue weighted by atomic mass is 10.1. The van der Waals surface area contributed by atoms with Crippen molar-refractivity contribution < 1.29 is 9.50 Å². The summed E-state index contributed by atoms with van der Waals surface area (Å²) in [5, 5.41) is 16.1. The molecule has 0 radical (unpaired) electrons. The lowest BCUT2D eigenvalue weighted by Crippen LogP contribution is -1.93. The minimum Gasteiger partial charge on any atom is -0.389 e. The molecule has 1 atom stereocenters. The summed E-state index contributed by atoms with van der Waals surface area (Å²) >= 11 is 1.16. The minimum absolute atomic E-state index is 0.375. The number of nitrogens with one attached hydrogen (secondary N) is 1. The maximum atomic E-state index is 13.6. The fourth-order valence-corrected chi connectivity index (χ4v) is 1.91. The predicted molar refractivity (Wildman–Crippen MR) is 57.5 cm³/mol. The molecule has 4 nitrogen and oxygen atoms in total. The van der Waals surface area contributed by atoms with Crippen LogP contribution < -0.4 is 0 Å². The Labute approximate surface area is 95.9 Å². The summed E-state index contributed by atoms with van der Waals surface area (Å²) < 4.78 is 13.6. The second-order valence-corrected chi connectivity index (χ2v) is 4.29. The number of hydrogen-bond donors (Lipinski definition) is 2. The molecule has 0 aliphatic heterocycles. The number of rotatable bonds is 3. The Kier molecular flexibility index (Phi) is 3.21. The van der Waals surface area contributed by atoms with E-state index in [9.17, 15) is 9.50 Å². The Morgan fingerprint density at radius 3 is 2.88 bits per heavy atom. The van der Waals surface area contributed by atoms with Gasteiger partial charge in [0.15, 0.2) is 5.16 Å². The van der Waals surface area contributed by atoms with Crippen molar-refractivity contribution in [3.63, 3.8) is 0 Å². The highest BCUT2D eigenvalue weighted by atomic mass is 32.2. The van der Waals surface area contributed by atoms with Crippen LogP contribution in [-0.2, 0) is 0 Å². The maximum Gasteiger partial charge on any atom is 0.188 e. The summed E-state index contributed by atoms with van der Waals surface area (Å²) in [6.07, 6.45) is 0.698. The van der Waals surface area contributed by atoms with Gasteiger partial charge in [-0.05, 0) is 36.4 Å². The van der Waals surface area contributed by atoms with Gasteiger partial charge in [-0.1, -0.05) is 6.07 Å². The molecule has 0 unspecified atom stereocenters. The molecule has 6 heteroatoms. The first-order chi connectivity index (χ1) is 7.66. The molecule has 0 spiro atoms. The lowest BCUT2D eigenvalue weighted by molar-refractivity contribution is 0.198. The van der Waals surface area contributed by atoms with Gasteiger partial charge in [0.1, 0.15) is 12.1 Å². The first-order valence-electron chi connectivity index (χ1n) is 4.67. The maximum absolute atomic E-state index is 13.6. The molecule has 0 aliphatic rings. The van der Waals surface area contributed by atoms with E-state index in [1.54, 1.807) is 19.1 Å². The number of aliphatic hydroxyl groups excluding tert-OH is 1. The van der Waals surface area contributed by atoms with Crippen molar-refractivity contribution >= 4 is 11.8 Å². The van der Waals surface area contributed by atoms with E-state index in [1.807, 2.05) is 0 Å². The zero-order valence-electron chi connectivity index (χ0n) is 8.51. The number of benzene rings is 1. The standard InChI is InChI=1S/C10H10FN3OS/c1-6(15)7-2-3-9(8(11)4-7)16-10-12-5-13-14-10/h2-6,15H,1H3,(H,12,13,14)/t6-/m1/s1. The van der Waals surface area contributed by atoms with Crippen LogP contribution in [0.5, 0.6) is 0 Å². The Hall–Kier alpha value is -1.40. The monoisotopic (exact) mass is 239 g/mol. The van der Waals surface area contributed by atoms with E-state index in [0.717, 1.165) is 11.8 Å². The number of aliphatic hydroxyl groups is 1. The van der Waals surface area contributed by atoms with Gasteiger partial charge in [-0.25, -0.2) is 9.37 Å². The summed E-state index contributed by atoms with van der Waals surface area (Å²) in [6.45, 7) is 1.60. The van der Waals surface area contributed by atoms with Crippen molar-refractivity contribution in [1.82, 2.24) is 15.2 Å². The number of aromatic nitrogens is 3. The number of H-pyrrole nitrogens is 1. The molecule has 0 saturated carbocycles. The van der Waals surface area contributed by atoms with Gasteiger partial charge < -0.3 is 5.11 Å². The number of halogens is 1. The second kappa shape index (κ2) is 4.63. The van der Waals surface area contributed by atoms with Gasteiger partial charge in [0.25, 0.3) is 0 Å². The second-order valence-electron chi connectivity index (χ2n) is 3.26. The highest BCUT2D eigenvalue weighted by Gasteiger charge is 2.09. The van der Waals surface area contributed by atoms with Crippen molar-refractivity contribution in [2.75, 3.05) is 0 Å². The zero-order valence-corrected chi connectivity index (χ0v) is 9.33. The van der Waals surface area contributed by atoms with Gasteiger partial charge in [0.05, 0.1) is 11.0 Å². The Morgan fingerprint density at radius 1 is 1.50 bits per heavy atom. The Bertz CT molecular complexity index is 473. The summed E-state index contributed by atoms with van der Waals surface area (Å²) in [7, 11) is 0. The average molecular weight is 239 g/mol. The fraction of sp³-hybridized carbons (Fsp3) is 0.200. The molecule has 1 aromatic carbocycles. The quantitative estimate of drug-likeness (QED) is 0.861. The van der Waals surface area contributed by atoms with E-state index in [4.69, 9.17) is 0 Å². The fourth-order valence-electron chi connectivity index (χ4n) is 1.21. The Morgan fingerprint density at radius 2 is 2.31 bits per heavy atom. The van der Waals surface area contributed by atoms with Crippen LogP contribution in [0.25, 0.3) is 0 Å². The van der Waals surface area contributed by atoms with Gasteiger partial charge >= 0.3 is 0 Å². The molecule has 2 aromatic rings. The smallest absolute Gasteiger partial charge is 0.188 e. The molecule has 16 heavy (non-hydrogen) atoms. The van der Waals surface area contributed by atoms with Gasteiger partial charge in [-0.15, -0.1) is 0 Å². The van der Waals surface area contributed by atoms with Crippen LogP contribution in [0.4, 0.5) is 4.39 Å². The van der Waals surface area contributed by atoms with Crippen LogP contribution in [0.1, 0.15) is 18.6 Å². The van der Waals surface area contributed by atoms with Crippen LogP contribution in [0.2, 0.25) is 0 Å². The summed E-state index contributed by atoms with van der Waals surface area (Å²) in [4.78, 5) is 4.34. The van der Waals surface area contributed by atoms with Crippen molar-refractivity contribution in [2.45, 2.75) is 23.1 Å². The van der Waals surface area contributed by atoms with E-state index in [1.165, 1.54) is 12.4 Å². The van der Waals surface area contributed by atoms with E-state index in [0.29, 0.717) is 15.6 Å². The van der Waals surface area contributed by atoms with E-state index >= 15 is 0 Å². The molecule has 0 aliphatic carbocycles. The van der Waals surface area contributed by atoms with Crippen LogP contribution in [0, 0.1) is 5.82 Å².